The molecule has 1 N–H and O–H groups in total. The number of alkyl halides is 1. The number of rotatable bonds is 8. The first kappa shape index (κ1) is 17.8. The summed E-state index contributed by atoms with van der Waals surface area (Å²) in [6.45, 7) is 2.25. The van der Waals surface area contributed by atoms with Gasteiger partial charge in [-0.1, -0.05) is 15.9 Å². The van der Waals surface area contributed by atoms with Gasteiger partial charge < -0.3 is 26.6 Å². The van der Waals surface area contributed by atoms with E-state index >= 15 is 0 Å². The third-order valence-electron chi connectivity index (χ3n) is 2.34. The lowest BCUT2D eigenvalue weighted by molar-refractivity contribution is -0.887. The number of nitrogens with zero attached hydrogens (tertiary/aromatic N) is 1. The minimum Gasteiger partial charge on any atom is -1.00 e. The highest BCUT2D eigenvalue weighted by Gasteiger charge is 2.12. The zero-order chi connectivity index (χ0) is 11.0. The highest BCUT2D eigenvalue weighted by Crippen LogP contribution is 2.06. The number of halogens is 2. The number of aliphatic carboxylic acids is 1. The minimum absolute atomic E-state index is 0. The van der Waals surface area contributed by atoms with E-state index in [0.717, 1.165) is 42.2 Å². The number of carbonyl (C=O) groups is 1. The summed E-state index contributed by atoms with van der Waals surface area (Å²) in [7, 11) is 4.41. The molecule has 0 aliphatic heterocycles. The summed E-state index contributed by atoms with van der Waals surface area (Å²) in [6.07, 6.45) is 3.26. The molecular formula is C10H21Br2NO2. The van der Waals surface area contributed by atoms with Crippen molar-refractivity contribution in [3.63, 3.8) is 0 Å². The van der Waals surface area contributed by atoms with E-state index in [1.807, 2.05) is 0 Å². The van der Waals surface area contributed by atoms with Crippen molar-refractivity contribution in [2.75, 3.05) is 32.5 Å². The van der Waals surface area contributed by atoms with Crippen LogP contribution in [0, 0.1) is 0 Å². The van der Waals surface area contributed by atoms with Gasteiger partial charge in [-0.2, -0.15) is 0 Å². The van der Waals surface area contributed by atoms with E-state index in [-0.39, 0.29) is 17.0 Å². The van der Waals surface area contributed by atoms with Crippen LogP contribution in [0.3, 0.4) is 0 Å². The molecule has 0 radical (unpaired) electrons. The predicted molar refractivity (Wildman–Crippen MR) is 61.7 cm³/mol. The second kappa shape index (κ2) is 9.60. The predicted octanol–water partition coefficient (Wildman–Crippen LogP) is -0.893. The largest absolute Gasteiger partial charge is 1.00 e. The summed E-state index contributed by atoms with van der Waals surface area (Å²) in [5, 5.41) is 9.47. The lowest BCUT2D eigenvalue weighted by Gasteiger charge is -2.28. The van der Waals surface area contributed by atoms with E-state index in [1.54, 1.807) is 0 Å². The van der Waals surface area contributed by atoms with Crippen molar-refractivity contribution < 1.29 is 31.4 Å². The number of hydrogen-bond acceptors (Lipinski definition) is 1. The van der Waals surface area contributed by atoms with Gasteiger partial charge in [0.25, 0.3) is 0 Å². The van der Waals surface area contributed by atoms with Gasteiger partial charge in [0.1, 0.15) is 0 Å². The van der Waals surface area contributed by atoms with Crippen LogP contribution < -0.4 is 17.0 Å². The van der Waals surface area contributed by atoms with E-state index in [9.17, 15) is 4.79 Å². The smallest absolute Gasteiger partial charge is 0.303 e. The summed E-state index contributed by atoms with van der Waals surface area (Å²) in [4.78, 5) is 10.3. The second-order valence-corrected chi connectivity index (χ2v) is 5.07. The zero-order valence-electron chi connectivity index (χ0n) is 9.51. The van der Waals surface area contributed by atoms with E-state index in [4.69, 9.17) is 5.11 Å². The topological polar surface area (TPSA) is 37.3 Å². The van der Waals surface area contributed by atoms with Crippen molar-refractivity contribution in [3.05, 3.63) is 0 Å². The van der Waals surface area contributed by atoms with Crippen LogP contribution >= 0.6 is 15.9 Å². The number of hydrogen-bond donors (Lipinski definition) is 1. The van der Waals surface area contributed by atoms with E-state index in [1.165, 1.54) is 0 Å². The van der Waals surface area contributed by atoms with Crippen LogP contribution in [0.4, 0.5) is 0 Å². The Labute approximate surface area is 111 Å². The second-order valence-electron chi connectivity index (χ2n) is 4.28. The normalized spacial score (nSPS) is 10.9. The number of carboxylic acids is 1. The van der Waals surface area contributed by atoms with Crippen molar-refractivity contribution in [1.82, 2.24) is 0 Å². The molecule has 0 saturated carbocycles. The zero-order valence-corrected chi connectivity index (χ0v) is 12.7. The van der Waals surface area contributed by atoms with Crippen LogP contribution in [0.25, 0.3) is 0 Å². The first-order valence-corrected chi connectivity index (χ1v) is 6.20. The minimum atomic E-state index is -0.681. The maximum absolute atomic E-state index is 10.3. The van der Waals surface area contributed by atoms with Crippen LogP contribution in [0.5, 0.6) is 0 Å². The SMILES string of the molecule is C[N+](C)(CCBr)CCCCCC(=O)O.[Br-]. The maximum Gasteiger partial charge on any atom is 0.303 e. The third kappa shape index (κ3) is 12.3. The summed E-state index contributed by atoms with van der Waals surface area (Å²) in [5.41, 5.74) is 0. The monoisotopic (exact) mass is 345 g/mol. The van der Waals surface area contributed by atoms with Crippen LogP contribution in [0.15, 0.2) is 0 Å². The van der Waals surface area contributed by atoms with E-state index < -0.39 is 5.97 Å². The van der Waals surface area contributed by atoms with Crippen LogP contribution in [0.2, 0.25) is 0 Å². The molecule has 0 aliphatic rings. The Bertz CT molecular complexity index is 175. The Morgan fingerprint density at radius 2 is 1.80 bits per heavy atom. The van der Waals surface area contributed by atoms with Crippen molar-refractivity contribution in [2.45, 2.75) is 25.7 Å². The molecule has 0 aromatic rings. The van der Waals surface area contributed by atoms with Crippen LogP contribution in [-0.2, 0) is 4.79 Å². The third-order valence-corrected chi connectivity index (χ3v) is 2.70. The van der Waals surface area contributed by atoms with Crippen molar-refractivity contribution in [3.8, 4) is 0 Å². The Balaban J connectivity index is 0. The lowest BCUT2D eigenvalue weighted by atomic mass is 10.2. The van der Waals surface area contributed by atoms with Gasteiger partial charge >= 0.3 is 5.97 Å². The van der Waals surface area contributed by atoms with Crippen LogP contribution in [-0.4, -0.2) is 48.1 Å². The molecule has 0 unspecified atom stereocenters. The Morgan fingerprint density at radius 1 is 1.20 bits per heavy atom. The van der Waals surface area contributed by atoms with Crippen molar-refractivity contribution in [1.29, 1.82) is 0 Å². The number of quaternary nitrogens is 1. The first-order chi connectivity index (χ1) is 6.48. The van der Waals surface area contributed by atoms with E-state index in [2.05, 4.69) is 30.0 Å². The summed E-state index contributed by atoms with van der Waals surface area (Å²) in [5.74, 6) is -0.681. The number of carboxylic acid groups (broad SMARTS) is 1. The molecule has 0 fully saturated rings. The van der Waals surface area contributed by atoms with Gasteiger partial charge in [-0.05, 0) is 19.3 Å². The molecule has 0 rings (SSSR count). The van der Waals surface area contributed by atoms with Gasteiger partial charge in [0, 0.05) is 6.42 Å². The molecule has 92 valence electrons. The molecular weight excluding hydrogens is 326 g/mol. The van der Waals surface area contributed by atoms with Gasteiger partial charge in [-0.25, -0.2) is 0 Å². The molecule has 0 saturated heterocycles. The average molecular weight is 347 g/mol. The molecule has 0 aromatic carbocycles. The van der Waals surface area contributed by atoms with Gasteiger partial charge in [0.2, 0.25) is 0 Å². The molecule has 0 bridgehead atoms. The molecule has 5 heteroatoms. The molecule has 3 nitrogen and oxygen atoms in total. The van der Waals surface area contributed by atoms with Crippen molar-refractivity contribution >= 4 is 21.9 Å². The molecule has 0 amide bonds. The highest BCUT2D eigenvalue weighted by molar-refractivity contribution is 9.09. The van der Waals surface area contributed by atoms with Gasteiger partial charge in [-0.3, -0.25) is 4.79 Å². The highest BCUT2D eigenvalue weighted by atomic mass is 79.9. The molecule has 0 heterocycles. The molecule has 0 aromatic heterocycles. The van der Waals surface area contributed by atoms with E-state index in [0.29, 0.717) is 6.42 Å². The average Bonchev–Trinajstić information content (AvgIpc) is 2.02. The fourth-order valence-electron chi connectivity index (χ4n) is 1.33. The fraction of sp³-hybridized carbons (Fsp3) is 0.900. The lowest BCUT2D eigenvalue weighted by Crippen LogP contribution is -3.00. The Morgan fingerprint density at radius 3 is 2.27 bits per heavy atom. The Hall–Kier alpha value is 0.390. The molecule has 15 heavy (non-hydrogen) atoms. The molecule has 0 aliphatic carbocycles. The Kier molecular flexibility index (Phi) is 11.4. The number of unbranched alkanes of at least 4 members (excludes halogenated alkanes) is 2. The van der Waals surface area contributed by atoms with Gasteiger partial charge in [0.15, 0.2) is 0 Å². The maximum atomic E-state index is 10.3. The van der Waals surface area contributed by atoms with Crippen LogP contribution in [0.1, 0.15) is 25.7 Å². The first-order valence-electron chi connectivity index (χ1n) is 5.08. The summed E-state index contributed by atoms with van der Waals surface area (Å²) >= 11 is 3.43. The standard InChI is InChI=1S/C10H20BrNO2.BrH/c1-12(2,9-7-11)8-5-3-4-6-10(13)14;/h3-9H2,1-2H3;1H. The summed E-state index contributed by atoms with van der Waals surface area (Å²) in [6, 6.07) is 0. The van der Waals surface area contributed by atoms with Crippen molar-refractivity contribution in [2.24, 2.45) is 0 Å². The van der Waals surface area contributed by atoms with Gasteiger partial charge in [0.05, 0.1) is 32.5 Å². The quantitative estimate of drug-likeness (QED) is 0.351. The fourth-order valence-corrected chi connectivity index (χ4v) is 2.29. The molecule has 0 atom stereocenters. The van der Waals surface area contributed by atoms with Gasteiger partial charge in [-0.15, -0.1) is 0 Å². The molecule has 0 spiro atoms. The summed E-state index contributed by atoms with van der Waals surface area (Å²) < 4.78 is 1.01.